The van der Waals surface area contributed by atoms with E-state index in [9.17, 15) is 9.50 Å². The van der Waals surface area contributed by atoms with Crippen molar-refractivity contribution in [2.45, 2.75) is 0 Å². The number of para-hydroxylation sites is 1. The molecule has 0 amide bonds. The van der Waals surface area contributed by atoms with Crippen molar-refractivity contribution in [3.63, 3.8) is 0 Å². The molecule has 16 heavy (non-hydrogen) atoms. The largest absolute Gasteiger partial charge is 0.507 e. The summed E-state index contributed by atoms with van der Waals surface area (Å²) in [5.74, 6) is -0.489. The van der Waals surface area contributed by atoms with Crippen LogP contribution in [0.5, 0.6) is 5.75 Å². The van der Waals surface area contributed by atoms with Crippen LogP contribution in [0.15, 0.2) is 54.6 Å². The molecule has 0 unspecified atom stereocenters. The summed E-state index contributed by atoms with van der Waals surface area (Å²) in [7, 11) is 0. The van der Waals surface area contributed by atoms with Crippen LogP contribution in [0.4, 0.5) is 4.39 Å². The summed E-state index contributed by atoms with van der Waals surface area (Å²) in [5, 5.41) is 9.48. The summed E-state index contributed by atoms with van der Waals surface area (Å²) < 4.78 is 13.8. The average Bonchev–Trinajstić information content (AvgIpc) is 2.31. The summed E-state index contributed by atoms with van der Waals surface area (Å²) in [5.41, 5.74) is 0.981. The van der Waals surface area contributed by atoms with Gasteiger partial charge < -0.3 is 5.11 Å². The van der Waals surface area contributed by atoms with E-state index < -0.39 is 5.83 Å². The van der Waals surface area contributed by atoms with Gasteiger partial charge in [0.05, 0.1) is 5.56 Å². The standard InChI is InChI=1S/C14H11FO/c15-13(10-11-6-2-1-3-7-11)12-8-4-5-9-14(12)16/h1-10,16H. The molecule has 0 aromatic heterocycles. The van der Waals surface area contributed by atoms with Crippen LogP contribution in [0, 0.1) is 0 Å². The van der Waals surface area contributed by atoms with E-state index >= 15 is 0 Å². The highest BCUT2D eigenvalue weighted by Gasteiger charge is 2.04. The lowest BCUT2D eigenvalue weighted by Crippen LogP contribution is -1.79. The van der Waals surface area contributed by atoms with Crippen molar-refractivity contribution in [2.75, 3.05) is 0 Å². The van der Waals surface area contributed by atoms with E-state index in [4.69, 9.17) is 0 Å². The van der Waals surface area contributed by atoms with Gasteiger partial charge in [-0.2, -0.15) is 0 Å². The van der Waals surface area contributed by atoms with Crippen molar-refractivity contribution in [1.29, 1.82) is 0 Å². The van der Waals surface area contributed by atoms with Gasteiger partial charge in [-0.25, -0.2) is 4.39 Å². The minimum absolute atomic E-state index is 0.0489. The van der Waals surface area contributed by atoms with E-state index in [-0.39, 0.29) is 11.3 Å². The van der Waals surface area contributed by atoms with E-state index in [1.807, 2.05) is 18.2 Å². The maximum Gasteiger partial charge on any atom is 0.134 e. The molecule has 2 rings (SSSR count). The lowest BCUT2D eigenvalue weighted by molar-refractivity contribution is 0.471. The summed E-state index contributed by atoms with van der Waals surface area (Å²) >= 11 is 0. The van der Waals surface area contributed by atoms with E-state index in [0.717, 1.165) is 5.56 Å². The molecule has 0 aliphatic carbocycles. The molecule has 0 fully saturated rings. The van der Waals surface area contributed by atoms with Crippen LogP contribution < -0.4 is 0 Å². The second kappa shape index (κ2) is 4.62. The van der Waals surface area contributed by atoms with Crippen LogP contribution in [0.2, 0.25) is 0 Å². The zero-order valence-corrected chi connectivity index (χ0v) is 8.60. The number of benzene rings is 2. The zero-order valence-electron chi connectivity index (χ0n) is 8.60. The Morgan fingerprint density at radius 1 is 0.938 bits per heavy atom. The minimum Gasteiger partial charge on any atom is -0.507 e. The normalized spacial score (nSPS) is 11.4. The molecule has 0 heterocycles. The van der Waals surface area contributed by atoms with Gasteiger partial charge in [-0.05, 0) is 23.8 Å². The highest BCUT2D eigenvalue weighted by atomic mass is 19.1. The van der Waals surface area contributed by atoms with Crippen LogP contribution in [0.25, 0.3) is 11.9 Å². The predicted octanol–water partition coefficient (Wildman–Crippen LogP) is 3.86. The van der Waals surface area contributed by atoms with Gasteiger partial charge in [0, 0.05) is 0 Å². The van der Waals surface area contributed by atoms with E-state index in [2.05, 4.69) is 0 Å². The van der Waals surface area contributed by atoms with E-state index in [1.54, 1.807) is 30.3 Å². The van der Waals surface area contributed by atoms with Crippen molar-refractivity contribution >= 4 is 11.9 Å². The zero-order chi connectivity index (χ0) is 11.4. The molecule has 0 aliphatic heterocycles. The summed E-state index contributed by atoms with van der Waals surface area (Å²) in [4.78, 5) is 0. The molecular weight excluding hydrogens is 203 g/mol. The van der Waals surface area contributed by atoms with Crippen LogP contribution in [-0.2, 0) is 0 Å². The average molecular weight is 214 g/mol. The quantitative estimate of drug-likeness (QED) is 0.752. The lowest BCUT2D eigenvalue weighted by Gasteiger charge is -2.01. The van der Waals surface area contributed by atoms with Crippen LogP contribution in [-0.4, -0.2) is 5.11 Å². The maximum absolute atomic E-state index is 13.8. The third kappa shape index (κ3) is 2.28. The van der Waals surface area contributed by atoms with Gasteiger partial charge in [0.1, 0.15) is 11.6 Å². The molecule has 0 saturated heterocycles. The first-order valence-corrected chi connectivity index (χ1v) is 4.98. The summed E-state index contributed by atoms with van der Waals surface area (Å²) in [6.45, 7) is 0. The van der Waals surface area contributed by atoms with Crippen LogP contribution >= 0.6 is 0 Å². The molecular formula is C14H11FO. The third-order valence-corrected chi connectivity index (χ3v) is 2.25. The van der Waals surface area contributed by atoms with Crippen LogP contribution in [0.1, 0.15) is 11.1 Å². The topological polar surface area (TPSA) is 20.2 Å². The molecule has 0 atom stereocenters. The number of phenolic OH excluding ortho intramolecular Hbond substituents is 1. The number of phenols is 1. The molecule has 0 bridgehead atoms. The molecule has 2 aromatic carbocycles. The molecule has 1 N–H and O–H groups in total. The number of rotatable bonds is 2. The molecule has 80 valence electrons. The maximum atomic E-state index is 13.8. The van der Waals surface area contributed by atoms with Gasteiger partial charge >= 0.3 is 0 Å². The van der Waals surface area contributed by atoms with Gasteiger partial charge in [-0.1, -0.05) is 42.5 Å². The smallest absolute Gasteiger partial charge is 0.134 e. The predicted molar refractivity (Wildman–Crippen MR) is 63.5 cm³/mol. The first-order valence-electron chi connectivity index (χ1n) is 4.98. The fourth-order valence-electron chi connectivity index (χ4n) is 1.45. The van der Waals surface area contributed by atoms with Crippen molar-refractivity contribution in [1.82, 2.24) is 0 Å². The Labute approximate surface area is 93.5 Å². The Hall–Kier alpha value is -2.09. The minimum atomic E-state index is -0.440. The molecule has 2 heteroatoms. The molecule has 0 aliphatic rings. The van der Waals surface area contributed by atoms with Gasteiger partial charge in [-0.15, -0.1) is 0 Å². The highest BCUT2D eigenvalue weighted by molar-refractivity contribution is 5.79. The Morgan fingerprint density at radius 2 is 1.56 bits per heavy atom. The van der Waals surface area contributed by atoms with Crippen LogP contribution in [0.3, 0.4) is 0 Å². The Bertz CT molecular complexity index is 503. The number of halogens is 1. The first-order chi connectivity index (χ1) is 7.77. The van der Waals surface area contributed by atoms with Gasteiger partial charge in [0.15, 0.2) is 0 Å². The fraction of sp³-hybridized carbons (Fsp3) is 0. The lowest BCUT2D eigenvalue weighted by atomic mass is 10.1. The second-order valence-corrected chi connectivity index (χ2v) is 3.42. The molecule has 0 spiro atoms. The van der Waals surface area contributed by atoms with Gasteiger partial charge in [0.2, 0.25) is 0 Å². The Morgan fingerprint density at radius 3 is 2.25 bits per heavy atom. The summed E-state index contributed by atoms with van der Waals surface area (Å²) in [6.07, 6.45) is 1.40. The molecule has 1 nitrogen and oxygen atoms in total. The van der Waals surface area contributed by atoms with Gasteiger partial charge in [-0.3, -0.25) is 0 Å². The number of hydrogen-bond donors (Lipinski definition) is 1. The fourth-order valence-corrected chi connectivity index (χ4v) is 1.45. The van der Waals surface area contributed by atoms with E-state index in [1.165, 1.54) is 12.1 Å². The van der Waals surface area contributed by atoms with Crippen molar-refractivity contribution in [3.8, 4) is 5.75 Å². The van der Waals surface area contributed by atoms with Crippen molar-refractivity contribution in [2.24, 2.45) is 0 Å². The van der Waals surface area contributed by atoms with Crippen molar-refractivity contribution < 1.29 is 9.50 Å². The molecule has 2 aromatic rings. The second-order valence-electron chi connectivity index (χ2n) is 3.42. The summed E-state index contributed by atoms with van der Waals surface area (Å²) in [6, 6.07) is 15.5. The Balaban J connectivity index is 2.36. The third-order valence-electron chi connectivity index (χ3n) is 2.25. The van der Waals surface area contributed by atoms with Gasteiger partial charge in [0.25, 0.3) is 0 Å². The highest BCUT2D eigenvalue weighted by Crippen LogP contribution is 2.27. The molecule has 0 radical (unpaired) electrons. The monoisotopic (exact) mass is 214 g/mol. The number of aromatic hydroxyl groups is 1. The Kier molecular flexibility index (Phi) is 3.01. The SMILES string of the molecule is Oc1ccccc1C(F)=Cc1ccccc1. The first kappa shape index (κ1) is 10.4. The van der Waals surface area contributed by atoms with E-state index in [0.29, 0.717) is 0 Å². The van der Waals surface area contributed by atoms with Crippen molar-refractivity contribution in [3.05, 3.63) is 65.7 Å². The number of hydrogen-bond acceptors (Lipinski definition) is 1. The molecule has 0 saturated carbocycles.